The highest BCUT2D eigenvalue weighted by Crippen LogP contribution is 2.28. The third-order valence-electron chi connectivity index (χ3n) is 2.57. The van der Waals surface area contributed by atoms with E-state index in [-0.39, 0.29) is 6.54 Å². The Morgan fingerprint density at radius 2 is 1.37 bits per heavy atom. The first-order valence-corrected chi connectivity index (χ1v) is 5.16. The largest absolute Gasteiger partial charge is 0.329 e. The third kappa shape index (κ3) is 2.67. The van der Waals surface area contributed by atoms with E-state index in [9.17, 15) is 26.7 Å². The number of nitrogens with one attached hydrogen (secondary N) is 1. The Kier molecular flexibility index (Phi) is 4.14. The van der Waals surface area contributed by atoms with E-state index in [0.717, 1.165) is 0 Å². The minimum Gasteiger partial charge on any atom is -0.329 e. The van der Waals surface area contributed by atoms with Crippen LogP contribution >= 0.6 is 0 Å². The molecule has 0 bridgehead atoms. The summed E-state index contributed by atoms with van der Waals surface area (Å²) in [5.41, 5.74) is 2.66. The van der Waals surface area contributed by atoms with Gasteiger partial charge in [-0.25, -0.2) is 22.0 Å². The molecule has 0 atom stereocenters. The zero-order valence-electron chi connectivity index (χ0n) is 10.1. The Labute approximate surface area is 105 Å². The van der Waals surface area contributed by atoms with E-state index in [1.807, 2.05) is 0 Å². The van der Waals surface area contributed by atoms with Crippen LogP contribution in [0.4, 0.5) is 27.6 Å². The highest BCUT2D eigenvalue weighted by molar-refractivity contribution is 5.95. The van der Waals surface area contributed by atoms with Crippen molar-refractivity contribution < 1.29 is 26.7 Å². The summed E-state index contributed by atoms with van der Waals surface area (Å²) in [4.78, 5) is 11.6. The third-order valence-corrected chi connectivity index (χ3v) is 2.57. The monoisotopic (exact) mass is 282 g/mol. The fourth-order valence-corrected chi connectivity index (χ4v) is 1.09. The van der Waals surface area contributed by atoms with Gasteiger partial charge in [0, 0.05) is 6.54 Å². The van der Waals surface area contributed by atoms with Crippen molar-refractivity contribution in [3.05, 3.63) is 29.1 Å². The van der Waals surface area contributed by atoms with Gasteiger partial charge in [0.25, 0.3) is 0 Å². The second kappa shape index (κ2) is 5.12. The van der Waals surface area contributed by atoms with Crippen LogP contribution in [0.15, 0.2) is 0 Å². The summed E-state index contributed by atoms with van der Waals surface area (Å²) < 4.78 is 65.1. The molecular weight excluding hydrogens is 271 g/mol. The number of rotatable bonds is 3. The number of hydrogen-bond donors (Lipinski definition) is 2. The second-order valence-corrected chi connectivity index (χ2v) is 4.49. The minimum atomic E-state index is -2.29. The number of carbonyl (C=O) groups is 1. The van der Waals surface area contributed by atoms with Gasteiger partial charge in [0.15, 0.2) is 23.3 Å². The quantitative estimate of drug-likeness (QED) is 0.508. The maximum absolute atomic E-state index is 13.3. The lowest BCUT2D eigenvalue weighted by Gasteiger charge is -2.21. The molecule has 8 heteroatoms. The van der Waals surface area contributed by atoms with E-state index in [0.29, 0.717) is 0 Å². The molecule has 1 aromatic rings. The molecule has 0 aliphatic rings. The summed E-state index contributed by atoms with van der Waals surface area (Å²) >= 11 is 0. The van der Waals surface area contributed by atoms with E-state index in [2.05, 4.69) is 0 Å². The number of halogens is 5. The predicted molar refractivity (Wildman–Crippen MR) is 57.7 cm³/mol. The molecule has 0 fully saturated rings. The van der Waals surface area contributed by atoms with Gasteiger partial charge in [-0.1, -0.05) is 0 Å². The highest BCUT2D eigenvalue weighted by atomic mass is 19.2. The summed E-state index contributed by atoms with van der Waals surface area (Å²) in [7, 11) is 0. The van der Waals surface area contributed by atoms with Gasteiger partial charge in [-0.15, -0.1) is 0 Å². The Balaban J connectivity index is 3.27. The van der Waals surface area contributed by atoms with Crippen LogP contribution in [-0.4, -0.2) is 12.5 Å². The maximum Gasteiger partial charge on any atom is 0.231 e. The van der Waals surface area contributed by atoms with Gasteiger partial charge in [0.1, 0.15) is 5.69 Å². The van der Waals surface area contributed by atoms with Crippen LogP contribution < -0.4 is 11.1 Å². The van der Waals surface area contributed by atoms with Gasteiger partial charge < -0.3 is 11.1 Å². The Morgan fingerprint density at radius 1 is 1.00 bits per heavy atom. The molecule has 1 rings (SSSR count). The van der Waals surface area contributed by atoms with Crippen LogP contribution in [0.3, 0.4) is 0 Å². The zero-order valence-corrected chi connectivity index (χ0v) is 10.1. The van der Waals surface area contributed by atoms with Gasteiger partial charge in [-0.2, -0.15) is 0 Å². The minimum absolute atomic E-state index is 0.172. The summed E-state index contributed by atoms with van der Waals surface area (Å²) in [6, 6.07) is 0. The first kappa shape index (κ1) is 15.4. The molecule has 0 aliphatic heterocycles. The summed E-state index contributed by atoms with van der Waals surface area (Å²) in [6.45, 7) is 2.54. The van der Waals surface area contributed by atoms with Crippen LogP contribution in [0, 0.1) is 34.5 Å². The normalized spacial score (nSPS) is 11.6. The molecule has 1 aromatic carbocycles. The van der Waals surface area contributed by atoms with Crippen molar-refractivity contribution in [1.29, 1.82) is 0 Å². The predicted octanol–water partition coefficient (Wildman–Crippen LogP) is 2.31. The molecule has 0 saturated carbocycles. The first-order chi connectivity index (χ1) is 8.63. The van der Waals surface area contributed by atoms with Crippen molar-refractivity contribution in [2.75, 3.05) is 11.9 Å². The Morgan fingerprint density at radius 3 is 1.74 bits per heavy atom. The molecule has 0 heterocycles. The van der Waals surface area contributed by atoms with Crippen LogP contribution in [-0.2, 0) is 4.79 Å². The van der Waals surface area contributed by atoms with Crippen LogP contribution in [0.1, 0.15) is 13.8 Å². The van der Waals surface area contributed by atoms with Crippen molar-refractivity contribution >= 4 is 11.6 Å². The molecule has 1 amide bonds. The molecule has 3 N–H and O–H groups in total. The summed E-state index contributed by atoms with van der Waals surface area (Å²) in [5.74, 6) is -11.7. The smallest absolute Gasteiger partial charge is 0.231 e. The molecule has 0 radical (unpaired) electrons. The fourth-order valence-electron chi connectivity index (χ4n) is 1.09. The number of carbonyl (C=O) groups excluding carboxylic acids is 1. The molecule has 19 heavy (non-hydrogen) atoms. The second-order valence-electron chi connectivity index (χ2n) is 4.49. The average molecular weight is 282 g/mol. The number of hydrogen-bond acceptors (Lipinski definition) is 2. The molecule has 0 spiro atoms. The molecule has 0 saturated heterocycles. The standard InChI is InChI=1S/C11H11F5N2O/c1-11(2,3-17)10(19)18-9-7(15)5(13)4(12)6(14)8(9)16/h3,17H2,1-2H3,(H,18,19). The van der Waals surface area contributed by atoms with Crippen LogP contribution in [0.25, 0.3) is 0 Å². The van der Waals surface area contributed by atoms with Crippen molar-refractivity contribution in [1.82, 2.24) is 0 Å². The van der Waals surface area contributed by atoms with Gasteiger partial charge in [0.05, 0.1) is 5.41 Å². The molecule has 0 aliphatic carbocycles. The molecule has 3 nitrogen and oxygen atoms in total. The fraction of sp³-hybridized carbons (Fsp3) is 0.364. The van der Waals surface area contributed by atoms with E-state index in [4.69, 9.17) is 5.73 Å². The number of amides is 1. The van der Waals surface area contributed by atoms with E-state index < -0.39 is 46.1 Å². The zero-order chi connectivity index (χ0) is 15.0. The van der Waals surface area contributed by atoms with Crippen molar-refractivity contribution in [2.24, 2.45) is 11.1 Å². The number of nitrogens with two attached hydrogens (primary N) is 1. The maximum atomic E-state index is 13.3. The van der Waals surface area contributed by atoms with Gasteiger partial charge >= 0.3 is 0 Å². The van der Waals surface area contributed by atoms with Gasteiger partial charge in [0.2, 0.25) is 11.7 Å². The van der Waals surface area contributed by atoms with E-state index in [1.165, 1.54) is 13.8 Å². The lowest BCUT2D eigenvalue weighted by Crippen LogP contribution is -2.37. The van der Waals surface area contributed by atoms with E-state index in [1.54, 1.807) is 5.32 Å². The topological polar surface area (TPSA) is 55.1 Å². The van der Waals surface area contributed by atoms with Gasteiger partial charge in [-0.3, -0.25) is 4.79 Å². The van der Waals surface area contributed by atoms with Crippen molar-refractivity contribution in [3.63, 3.8) is 0 Å². The van der Waals surface area contributed by atoms with Crippen LogP contribution in [0.5, 0.6) is 0 Å². The number of anilines is 1. The average Bonchev–Trinajstić information content (AvgIpc) is 2.38. The Bertz CT molecular complexity index is 501. The van der Waals surface area contributed by atoms with Crippen LogP contribution in [0.2, 0.25) is 0 Å². The summed E-state index contributed by atoms with van der Waals surface area (Å²) in [6.07, 6.45) is 0. The lowest BCUT2D eigenvalue weighted by molar-refractivity contribution is -0.123. The lowest BCUT2D eigenvalue weighted by atomic mass is 9.92. The molecule has 106 valence electrons. The SMILES string of the molecule is CC(C)(CN)C(=O)Nc1c(F)c(F)c(F)c(F)c1F. The summed E-state index contributed by atoms with van der Waals surface area (Å²) in [5, 5.41) is 1.66. The number of benzene rings is 1. The van der Waals surface area contributed by atoms with Crippen molar-refractivity contribution in [2.45, 2.75) is 13.8 Å². The highest BCUT2D eigenvalue weighted by Gasteiger charge is 2.31. The first-order valence-electron chi connectivity index (χ1n) is 5.16. The van der Waals surface area contributed by atoms with Gasteiger partial charge in [-0.05, 0) is 13.8 Å². The molecular formula is C11H11F5N2O. The molecule has 0 aromatic heterocycles. The Hall–Kier alpha value is -1.70. The van der Waals surface area contributed by atoms with E-state index >= 15 is 0 Å². The molecule has 0 unspecified atom stereocenters. The van der Waals surface area contributed by atoms with Crippen molar-refractivity contribution in [3.8, 4) is 0 Å².